The maximum Gasteiger partial charge on any atom is -0.00388 e. The van der Waals surface area contributed by atoms with Gasteiger partial charge in [-0.3, -0.25) is 0 Å². The average molecular weight is 274 g/mol. The summed E-state index contributed by atoms with van der Waals surface area (Å²) < 4.78 is 0. The Bertz CT molecular complexity index is 734. The Hall–Kier alpha value is -2.34. The van der Waals surface area contributed by atoms with E-state index < -0.39 is 0 Å². The molecule has 0 aliphatic carbocycles. The van der Waals surface area contributed by atoms with Gasteiger partial charge in [0.15, 0.2) is 0 Å². The summed E-state index contributed by atoms with van der Waals surface area (Å²) >= 11 is 0. The largest absolute Gasteiger partial charge is 0.0958 e. The number of hydrogen-bond acceptors (Lipinski definition) is 0. The lowest BCUT2D eigenvalue weighted by Gasteiger charge is -2.08. The van der Waals surface area contributed by atoms with Gasteiger partial charge in [0.2, 0.25) is 0 Å². The van der Waals surface area contributed by atoms with Gasteiger partial charge in [0.25, 0.3) is 0 Å². The quantitative estimate of drug-likeness (QED) is 0.565. The molecule has 21 heavy (non-hydrogen) atoms. The predicted molar refractivity (Wildman–Crippen MR) is 96.3 cm³/mol. The fourth-order valence-electron chi connectivity index (χ4n) is 2.29. The maximum absolute atomic E-state index is 4.02. The Morgan fingerprint density at radius 2 is 1.62 bits per heavy atom. The average Bonchev–Trinajstić information content (AvgIpc) is 2.47. The Kier molecular flexibility index (Phi) is 4.94. The predicted octanol–water partition coefficient (Wildman–Crippen LogP) is 6.41. The highest BCUT2D eigenvalue weighted by Crippen LogP contribution is 2.27. The molecule has 0 saturated heterocycles. The number of hydrogen-bond donors (Lipinski definition) is 0. The summed E-state index contributed by atoms with van der Waals surface area (Å²) in [5.74, 6) is 0. The van der Waals surface area contributed by atoms with Gasteiger partial charge in [0.1, 0.15) is 0 Å². The smallest absolute Gasteiger partial charge is 0.00388 e. The molecule has 2 aromatic rings. The molecule has 0 radical (unpaired) electrons. The van der Waals surface area contributed by atoms with Gasteiger partial charge in [-0.2, -0.15) is 0 Å². The van der Waals surface area contributed by atoms with Crippen LogP contribution in [0.2, 0.25) is 0 Å². The zero-order valence-corrected chi connectivity index (χ0v) is 13.1. The van der Waals surface area contributed by atoms with Crippen molar-refractivity contribution in [2.24, 2.45) is 0 Å². The lowest BCUT2D eigenvalue weighted by molar-refractivity contribution is 1.39. The first-order valence-electron chi connectivity index (χ1n) is 7.28. The molecule has 0 fully saturated rings. The van der Waals surface area contributed by atoms with E-state index in [1.807, 2.05) is 19.9 Å². The number of rotatable bonds is 4. The zero-order chi connectivity index (χ0) is 15.2. The summed E-state index contributed by atoms with van der Waals surface area (Å²) in [7, 11) is 0. The summed E-state index contributed by atoms with van der Waals surface area (Å²) in [6.45, 7) is 10.2. The Morgan fingerprint density at radius 1 is 0.952 bits per heavy atom. The van der Waals surface area contributed by atoms with Crippen molar-refractivity contribution in [1.29, 1.82) is 0 Å². The van der Waals surface area contributed by atoms with Gasteiger partial charge in [-0.15, -0.1) is 0 Å². The first-order valence-corrected chi connectivity index (χ1v) is 7.28. The van der Waals surface area contributed by atoms with Gasteiger partial charge in [0.05, 0.1) is 0 Å². The van der Waals surface area contributed by atoms with E-state index in [0.717, 1.165) is 5.57 Å². The summed E-state index contributed by atoms with van der Waals surface area (Å²) in [6, 6.07) is 12.9. The minimum atomic E-state index is 1.11. The molecule has 0 bridgehead atoms. The van der Waals surface area contributed by atoms with Crippen molar-refractivity contribution in [1.82, 2.24) is 0 Å². The molecule has 0 aromatic heterocycles. The van der Waals surface area contributed by atoms with Crippen molar-refractivity contribution in [3.63, 3.8) is 0 Å². The first-order chi connectivity index (χ1) is 10.1. The lowest BCUT2D eigenvalue weighted by atomic mass is 9.96. The molecule has 0 nitrogen and oxygen atoms in total. The topological polar surface area (TPSA) is 0 Å². The van der Waals surface area contributed by atoms with Crippen molar-refractivity contribution in [2.75, 3.05) is 0 Å². The maximum atomic E-state index is 4.02. The van der Waals surface area contributed by atoms with Crippen molar-refractivity contribution in [3.8, 4) is 0 Å². The Balaban J connectivity index is 2.66. The molecule has 106 valence electrons. The fourth-order valence-corrected chi connectivity index (χ4v) is 2.29. The van der Waals surface area contributed by atoms with E-state index in [4.69, 9.17) is 0 Å². The molecule has 0 heteroatoms. The summed E-state index contributed by atoms with van der Waals surface area (Å²) in [5.41, 5.74) is 4.81. The van der Waals surface area contributed by atoms with E-state index in [2.05, 4.69) is 74.2 Å². The van der Waals surface area contributed by atoms with Crippen molar-refractivity contribution < 1.29 is 0 Å². The first kappa shape index (κ1) is 15.1. The minimum Gasteiger partial charge on any atom is -0.0958 e. The van der Waals surface area contributed by atoms with Gasteiger partial charge < -0.3 is 0 Å². The third-order valence-electron chi connectivity index (χ3n) is 3.59. The van der Waals surface area contributed by atoms with Crippen LogP contribution < -0.4 is 0 Å². The van der Waals surface area contributed by atoms with E-state index in [0.29, 0.717) is 0 Å². The van der Waals surface area contributed by atoms with Crippen LogP contribution in [-0.4, -0.2) is 0 Å². The second-order valence-electron chi connectivity index (χ2n) is 5.29. The fraction of sp³-hybridized carbons (Fsp3) is 0.143. The van der Waals surface area contributed by atoms with E-state index >= 15 is 0 Å². The van der Waals surface area contributed by atoms with Gasteiger partial charge in [-0.25, -0.2) is 0 Å². The van der Waals surface area contributed by atoms with Crippen LogP contribution in [0.3, 0.4) is 0 Å². The number of fused-ring (bicyclic) bond motifs is 1. The van der Waals surface area contributed by atoms with E-state index in [1.165, 1.54) is 27.5 Å². The van der Waals surface area contributed by atoms with E-state index in [-0.39, 0.29) is 0 Å². The van der Waals surface area contributed by atoms with Crippen molar-refractivity contribution in [2.45, 2.75) is 20.8 Å². The van der Waals surface area contributed by atoms with Crippen LogP contribution >= 0.6 is 0 Å². The van der Waals surface area contributed by atoms with Gasteiger partial charge in [-0.1, -0.05) is 78.9 Å². The van der Waals surface area contributed by atoms with Crippen LogP contribution in [0.5, 0.6) is 0 Å². The third kappa shape index (κ3) is 3.61. The van der Waals surface area contributed by atoms with Crippen molar-refractivity contribution in [3.05, 3.63) is 83.5 Å². The molecule has 0 aliphatic heterocycles. The molecular weight excluding hydrogens is 252 g/mol. The molecule has 0 spiro atoms. The van der Waals surface area contributed by atoms with E-state index in [9.17, 15) is 0 Å². The zero-order valence-electron chi connectivity index (χ0n) is 13.1. The molecule has 0 unspecified atom stereocenters. The highest BCUT2D eigenvalue weighted by molar-refractivity contribution is 5.97. The second kappa shape index (κ2) is 6.90. The van der Waals surface area contributed by atoms with Crippen molar-refractivity contribution >= 4 is 22.9 Å². The van der Waals surface area contributed by atoms with Crippen LogP contribution in [-0.2, 0) is 0 Å². The van der Waals surface area contributed by atoms with Gasteiger partial charge in [-0.05, 0) is 48.2 Å². The highest BCUT2D eigenvalue weighted by Gasteiger charge is 2.03. The molecule has 0 atom stereocenters. The summed E-state index contributed by atoms with van der Waals surface area (Å²) in [5, 5.41) is 2.56. The normalized spacial score (nSPS) is 12.6. The van der Waals surface area contributed by atoms with Crippen LogP contribution in [0, 0.1) is 0 Å². The minimum absolute atomic E-state index is 1.11. The molecule has 0 saturated carbocycles. The SMILES string of the molecule is C=C(C)/C(C)=C/c1cccc2cccc(/C=C/C=C/C)c12. The second-order valence-corrected chi connectivity index (χ2v) is 5.29. The molecule has 2 rings (SSSR count). The Labute approximate surface area is 127 Å². The standard InChI is InChI=1S/C21H22/c1-5-6-7-10-18-11-8-12-19-13-9-14-20(21(18)19)15-17(4)16(2)3/h5-15H,2H2,1,3-4H3/b6-5+,10-7+,17-15+. The molecule has 0 N–H and O–H groups in total. The van der Waals surface area contributed by atoms with Gasteiger partial charge >= 0.3 is 0 Å². The summed E-state index contributed by atoms with van der Waals surface area (Å²) in [6.07, 6.45) is 10.6. The highest BCUT2D eigenvalue weighted by atomic mass is 14.1. The molecule has 0 heterocycles. The van der Waals surface area contributed by atoms with Crippen LogP contribution in [0.1, 0.15) is 31.9 Å². The molecule has 0 amide bonds. The van der Waals surface area contributed by atoms with E-state index in [1.54, 1.807) is 0 Å². The molecule has 2 aromatic carbocycles. The lowest BCUT2D eigenvalue weighted by Crippen LogP contribution is -1.85. The summed E-state index contributed by atoms with van der Waals surface area (Å²) in [4.78, 5) is 0. The number of allylic oxidation sites excluding steroid dienone is 5. The molecular formula is C21H22. The van der Waals surface area contributed by atoms with Crippen LogP contribution in [0.15, 0.2) is 72.4 Å². The monoisotopic (exact) mass is 274 g/mol. The Morgan fingerprint density at radius 3 is 2.24 bits per heavy atom. The third-order valence-corrected chi connectivity index (χ3v) is 3.59. The van der Waals surface area contributed by atoms with Gasteiger partial charge in [0, 0.05) is 0 Å². The van der Waals surface area contributed by atoms with Crippen LogP contribution in [0.4, 0.5) is 0 Å². The van der Waals surface area contributed by atoms with Crippen LogP contribution in [0.25, 0.3) is 22.9 Å². The molecule has 0 aliphatic rings. The number of benzene rings is 2.